The van der Waals surface area contributed by atoms with Crippen molar-refractivity contribution in [2.45, 2.75) is 45.7 Å². The van der Waals surface area contributed by atoms with Crippen LogP contribution in [0.25, 0.3) is 0 Å². The van der Waals surface area contributed by atoms with Crippen molar-refractivity contribution in [2.75, 3.05) is 19.6 Å². The Labute approximate surface area is 123 Å². The highest BCUT2D eigenvalue weighted by molar-refractivity contribution is 5.85. The molecule has 0 aromatic heterocycles. The Hall–Kier alpha value is -0.0300. The molecule has 1 aliphatic heterocycles. The van der Waals surface area contributed by atoms with Crippen LogP contribution in [-0.4, -0.2) is 42.5 Å². The standard InChI is InChI=1S/C12H25N3O.2ClH/c1-9-5-4-6-15(8-9)10(2)7-14-12(16)11(3)13;;/h9-11H,4-8,13H2,1-3H3,(H,14,16);2*1H/t9?,10?,11-;;/m0../s1. The molecule has 0 aliphatic carbocycles. The van der Waals surface area contributed by atoms with E-state index in [0.717, 1.165) is 19.0 Å². The fourth-order valence-electron chi connectivity index (χ4n) is 2.16. The smallest absolute Gasteiger partial charge is 0.236 e. The Morgan fingerprint density at radius 2 is 2.06 bits per heavy atom. The number of piperidine rings is 1. The maximum atomic E-state index is 11.3. The maximum absolute atomic E-state index is 11.3. The van der Waals surface area contributed by atoms with Crippen molar-refractivity contribution in [3.8, 4) is 0 Å². The van der Waals surface area contributed by atoms with E-state index in [1.165, 1.54) is 12.8 Å². The van der Waals surface area contributed by atoms with Gasteiger partial charge in [-0.3, -0.25) is 9.69 Å². The van der Waals surface area contributed by atoms with Gasteiger partial charge in [0.15, 0.2) is 0 Å². The Bertz CT molecular complexity index is 239. The summed E-state index contributed by atoms with van der Waals surface area (Å²) in [7, 11) is 0. The van der Waals surface area contributed by atoms with Crippen LogP contribution in [0.4, 0.5) is 0 Å². The highest BCUT2D eigenvalue weighted by atomic mass is 35.5. The van der Waals surface area contributed by atoms with E-state index >= 15 is 0 Å². The number of halogens is 2. The van der Waals surface area contributed by atoms with E-state index in [2.05, 4.69) is 24.1 Å². The first-order chi connectivity index (χ1) is 7.50. The van der Waals surface area contributed by atoms with Crippen molar-refractivity contribution in [1.82, 2.24) is 10.2 Å². The molecule has 6 heteroatoms. The lowest BCUT2D eigenvalue weighted by Gasteiger charge is -2.35. The van der Waals surface area contributed by atoms with Gasteiger partial charge in [0.2, 0.25) is 5.91 Å². The molecule has 4 nitrogen and oxygen atoms in total. The van der Waals surface area contributed by atoms with E-state index in [9.17, 15) is 4.79 Å². The van der Waals surface area contributed by atoms with Gasteiger partial charge in [-0.15, -0.1) is 24.8 Å². The Morgan fingerprint density at radius 3 is 2.56 bits per heavy atom. The van der Waals surface area contributed by atoms with Crippen LogP contribution >= 0.6 is 24.8 Å². The van der Waals surface area contributed by atoms with Crippen LogP contribution in [0.15, 0.2) is 0 Å². The number of carbonyl (C=O) groups is 1. The summed E-state index contributed by atoms with van der Waals surface area (Å²) in [5.41, 5.74) is 5.50. The third-order valence-electron chi connectivity index (χ3n) is 3.30. The Balaban J connectivity index is 0. The van der Waals surface area contributed by atoms with E-state index in [0.29, 0.717) is 12.6 Å². The quantitative estimate of drug-likeness (QED) is 0.825. The summed E-state index contributed by atoms with van der Waals surface area (Å²) < 4.78 is 0. The first-order valence-corrected chi connectivity index (χ1v) is 6.28. The molecule has 2 unspecified atom stereocenters. The number of hydrogen-bond donors (Lipinski definition) is 2. The largest absolute Gasteiger partial charge is 0.353 e. The molecule has 0 aromatic rings. The Morgan fingerprint density at radius 1 is 1.44 bits per heavy atom. The molecule has 1 fully saturated rings. The number of likely N-dealkylation sites (tertiary alicyclic amines) is 1. The van der Waals surface area contributed by atoms with Gasteiger partial charge in [-0.1, -0.05) is 6.92 Å². The van der Waals surface area contributed by atoms with Crippen LogP contribution in [-0.2, 0) is 4.79 Å². The highest BCUT2D eigenvalue weighted by Gasteiger charge is 2.21. The van der Waals surface area contributed by atoms with Crippen LogP contribution in [0.2, 0.25) is 0 Å². The number of carbonyl (C=O) groups excluding carboxylic acids is 1. The van der Waals surface area contributed by atoms with Crippen LogP contribution in [0.3, 0.4) is 0 Å². The van der Waals surface area contributed by atoms with Crippen molar-refractivity contribution in [3.05, 3.63) is 0 Å². The molecule has 0 radical (unpaired) electrons. The third kappa shape index (κ3) is 6.78. The summed E-state index contributed by atoms with van der Waals surface area (Å²) >= 11 is 0. The van der Waals surface area contributed by atoms with Crippen molar-refractivity contribution in [1.29, 1.82) is 0 Å². The lowest BCUT2D eigenvalue weighted by atomic mass is 9.99. The van der Waals surface area contributed by atoms with Crippen molar-refractivity contribution in [2.24, 2.45) is 11.7 Å². The first-order valence-electron chi connectivity index (χ1n) is 6.28. The zero-order chi connectivity index (χ0) is 12.1. The fourth-order valence-corrected chi connectivity index (χ4v) is 2.16. The van der Waals surface area contributed by atoms with Crippen LogP contribution in [0.5, 0.6) is 0 Å². The summed E-state index contributed by atoms with van der Waals surface area (Å²) in [6.07, 6.45) is 2.60. The highest BCUT2D eigenvalue weighted by Crippen LogP contribution is 2.17. The minimum absolute atomic E-state index is 0. The minimum Gasteiger partial charge on any atom is -0.353 e. The molecule has 1 aliphatic rings. The predicted octanol–water partition coefficient (Wildman–Crippen LogP) is 1.41. The first kappa shape index (κ1) is 20.3. The molecule has 0 aromatic carbocycles. The molecule has 0 bridgehead atoms. The lowest BCUT2D eigenvalue weighted by molar-refractivity contribution is -0.122. The second-order valence-corrected chi connectivity index (χ2v) is 5.13. The molecular weight excluding hydrogens is 273 g/mol. The Kier molecular flexibility index (Phi) is 11.1. The van der Waals surface area contributed by atoms with Gasteiger partial charge in [0.05, 0.1) is 6.04 Å². The average molecular weight is 300 g/mol. The molecule has 1 amide bonds. The molecule has 110 valence electrons. The van der Waals surface area contributed by atoms with E-state index in [1.54, 1.807) is 6.92 Å². The molecule has 0 spiro atoms. The van der Waals surface area contributed by atoms with Gasteiger partial charge in [0.1, 0.15) is 0 Å². The fraction of sp³-hybridized carbons (Fsp3) is 0.917. The number of hydrogen-bond acceptors (Lipinski definition) is 3. The van der Waals surface area contributed by atoms with Crippen LogP contribution < -0.4 is 11.1 Å². The minimum atomic E-state index is -0.410. The van der Waals surface area contributed by atoms with Crippen molar-refractivity contribution >= 4 is 30.7 Å². The topological polar surface area (TPSA) is 58.4 Å². The van der Waals surface area contributed by atoms with Gasteiger partial charge in [0.25, 0.3) is 0 Å². The second kappa shape index (κ2) is 9.84. The number of amides is 1. The average Bonchev–Trinajstić information content (AvgIpc) is 2.25. The van der Waals surface area contributed by atoms with Crippen LogP contribution in [0, 0.1) is 5.92 Å². The van der Waals surface area contributed by atoms with E-state index < -0.39 is 6.04 Å². The summed E-state index contributed by atoms with van der Waals surface area (Å²) in [6.45, 7) is 9.17. The van der Waals surface area contributed by atoms with E-state index in [4.69, 9.17) is 5.73 Å². The number of nitrogens with one attached hydrogen (secondary N) is 1. The van der Waals surface area contributed by atoms with Gasteiger partial charge >= 0.3 is 0 Å². The van der Waals surface area contributed by atoms with E-state index in [1.807, 2.05) is 0 Å². The molecule has 3 N–H and O–H groups in total. The maximum Gasteiger partial charge on any atom is 0.236 e. The van der Waals surface area contributed by atoms with Gasteiger partial charge in [0, 0.05) is 19.1 Å². The van der Waals surface area contributed by atoms with E-state index in [-0.39, 0.29) is 30.7 Å². The SMILES string of the molecule is CC1CCCN(C(C)CNC(=O)[C@H](C)N)C1.Cl.Cl. The molecule has 18 heavy (non-hydrogen) atoms. The second-order valence-electron chi connectivity index (χ2n) is 5.13. The normalized spacial score (nSPS) is 23.2. The molecular formula is C12H27Cl2N3O. The number of nitrogens with zero attached hydrogens (tertiary/aromatic N) is 1. The molecule has 3 atom stereocenters. The van der Waals surface area contributed by atoms with Crippen molar-refractivity contribution in [3.63, 3.8) is 0 Å². The zero-order valence-electron chi connectivity index (χ0n) is 11.5. The van der Waals surface area contributed by atoms with Gasteiger partial charge in [-0.25, -0.2) is 0 Å². The summed E-state index contributed by atoms with van der Waals surface area (Å²) in [5.74, 6) is 0.720. The van der Waals surface area contributed by atoms with Crippen LogP contribution in [0.1, 0.15) is 33.6 Å². The summed E-state index contributed by atoms with van der Waals surface area (Å²) in [5, 5.41) is 2.89. The van der Waals surface area contributed by atoms with Crippen molar-refractivity contribution < 1.29 is 4.79 Å². The zero-order valence-corrected chi connectivity index (χ0v) is 13.1. The monoisotopic (exact) mass is 299 g/mol. The van der Waals surface area contributed by atoms with Gasteiger partial charge in [-0.05, 0) is 39.2 Å². The molecule has 1 saturated heterocycles. The molecule has 0 saturated carbocycles. The van der Waals surface area contributed by atoms with Gasteiger partial charge in [-0.2, -0.15) is 0 Å². The number of rotatable bonds is 4. The van der Waals surface area contributed by atoms with Gasteiger partial charge < -0.3 is 11.1 Å². The third-order valence-corrected chi connectivity index (χ3v) is 3.30. The molecule has 1 heterocycles. The summed E-state index contributed by atoms with van der Waals surface area (Å²) in [6, 6.07) is -0.00192. The summed E-state index contributed by atoms with van der Waals surface area (Å²) in [4.78, 5) is 13.8. The molecule has 1 rings (SSSR count). The lowest BCUT2D eigenvalue weighted by Crippen LogP contribution is -2.48. The number of nitrogens with two attached hydrogens (primary N) is 1. The predicted molar refractivity (Wildman–Crippen MR) is 80.6 cm³/mol.